The average Bonchev–Trinajstić information content (AvgIpc) is 1.79. The van der Waals surface area contributed by atoms with E-state index >= 15 is 0 Å². The van der Waals surface area contributed by atoms with Crippen molar-refractivity contribution < 1.29 is 18.1 Å². The van der Waals surface area contributed by atoms with E-state index in [2.05, 4.69) is 0 Å². The normalized spacial score (nSPS) is 14.0. The van der Waals surface area contributed by atoms with Gasteiger partial charge in [0.25, 0.3) is 10.1 Å². The summed E-state index contributed by atoms with van der Waals surface area (Å²) in [4.78, 5) is 0. The second kappa shape index (κ2) is 4.80. The van der Waals surface area contributed by atoms with Crippen molar-refractivity contribution in [2.24, 2.45) is 11.5 Å². The van der Waals surface area contributed by atoms with Crippen LogP contribution in [-0.2, 0) is 21.5 Å². The van der Waals surface area contributed by atoms with Crippen LogP contribution in [0.1, 0.15) is 0 Å². The van der Waals surface area contributed by atoms with Gasteiger partial charge in [0.05, 0.1) is 0 Å². The van der Waals surface area contributed by atoms with Gasteiger partial charge in [-0.3, -0.25) is 4.55 Å². The Bertz CT molecular complexity index is 256. The Kier molecular flexibility index (Phi) is 4.75. The fraction of sp³-hybridized carbons (Fsp3) is 0.750. The Hall–Kier alpha value is -0.120. The zero-order valence-corrected chi connectivity index (χ0v) is 7.81. The van der Waals surface area contributed by atoms with Gasteiger partial charge in [-0.25, -0.2) is 11.5 Å². The molecule has 0 saturated carbocycles. The van der Waals surface area contributed by atoms with Gasteiger partial charge in [-0.15, -0.1) is 0 Å². The molecule has 6 nitrogen and oxygen atoms in total. The fourth-order valence-corrected chi connectivity index (χ4v) is 1.74. The molecule has 1 atom stereocenters. The summed E-state index contributed by atoms with van der Waals surface area (Å²) in [5, 5.41) is 8.99. The van der Waals surface area contributed by atoms with Gasteiger partial charge >= 0.3 is 5.11 Å². The van der Waals surface area contributed by atoms with Crippen LogP contribution in [-0.4, -0.2) is 40.8 Å². The molecule has 6 N–H and O–H groups in total. The van der Waals surface area contributed by atoms with Crippen LogP contribution < -0.4 is 11.5 Å². The van der Waals surface area contributed by atoms with E-state index in [9.17, 15) is 8.42 Å². The van der Waals surface area contributed by atoms with Gasteiger partial charge in [-0.2, -0.15) is 8.42 Å². The predicted molar refractivity (Wildman–Crippen MR) is 48.0 cm³/mol. The number of rotatable bonds is 4. The largest absolute Gasteiger partial charge is 0.386 e. The molecular formula is C4H11N2O4S2+. The maximum Gasteiger partial charge on any atom is 0.314 e. The molecule has 0 aromatic rings. The van der Waals surface area contributed by atoms with Crippen molar-refractivity contribution in [1.29, 1.82) is 0 Å². The smallest absolute Gasteiger partial charge is 0.314 e. The highest BCUT2D eigenvalue weighted by Gasteiger charge is 2.18. The van der Waals surface area contributed by atoms with E-state index in [1.165, 1.54) is 0 Å². The van der Waals surface area contributed by atoms with Crippen LogP contribution in [0, 0.1) is 0 Å². The van der Waals surface area contributed by atoms with Gasteiger partial charge < -0.3 is 5.11 Å². The second-order valence-electron chi connectivity index (χ2n) is 2.12. The molecule has 0 bridgehead atoms. The van der Waals surface area contributed by atoms with E-state index in [-0.39, 0.29) is 10.9 Å². The average molecular weight is 215 g/mol. The lowest BCUT2D eigenvalue weighted by Gasteiger charge is -1.98. The van der Waals surface area contributed by atoms with Gasteiger partial charge in [0.1, 0.15) is 11.9 Å². The summed E-state index contributed by atoms with van der Waals surface area (Å²) in [6.45, 7) is 0. The van der Waals surface area contributed by atoms with Crippen molar-refractivity contribution in [3.8, 4) is 0 Å². The Morgan fingerprint density at radius 2 is 2.00 bits per heavy atom. The highest BCUT2D eigenvalue weighted by atomic mass is 32.2. The molecule has 8 heteroatoms. The first-order valence-electron chi connectivity index (χ1n) is 2.95. The standard InChI is InChI=1S/C4H10N2O4S2/c5-4(6)11-1-3(7)2-12(8,9)10/h3,7H,1-2,5-6H2/p+1. The van der Waals surface area contributed by atoms with Crippen molar-refractivity contribution in [3.63, 3.8) is 0 Å². The molecule has 0 amide bonds. The lowest BCUT2D eigenvalue weighted by molar-refractivity contribution is 0.220. The maximum atomic E-state index is 10.2. The summed E-state index contributed by atoms with van der Waals surface area (Å²) in [6, 6.07) is 0. The SMILES string of the molecule is NC(N)=[S+]CC(O)CS(=O)(=O)O. The minimum atomic E-state index is -4.13. The number of aliphatic hydroxyl groups excluding tert-OH is 1. The first-order chi connectivity index (χ1) is 5.31. The monoisotopic (exact) mass is 215 g/mol. The lowest BCUT2D eigenvalue weighted by atomic mass is 10.5. The maximum absolute atomic E-state index is 10.2. The number of aliphatic hydroxyl groups is 1. The lowest BCUT2D eigenvalue weighted by Crippen LogP contribution is -2.29. The van der Waals surface area contributed by atoms with Crippen LogP contribution in [0.4, 0.5) is 0 Å². The van der Waals surface area contributed by atoms with Crippen molar-refractivity contribution in [2.45, 2.75) is 6.10 Å². The van der Waals surface area contributed by atoms with E-state index in [0.29, 0.717) is 0 Å². The van der Waals surface area contributed by atoms with E-state index in [0.717, 1.165) is 11.4 Å². The molecule has 72 valence electrons. The minimum Gasteiger partial charge on any atom is -0.386 e. The molecule has 12 heavy (non-hydrogen) atoms. The summed E-state index contributed by atoms with van der Waals surface area (Å²) in [6.07, 6.45) is -1.16. The Balaban J connectivity index is 3.92. The first kappa shape index (κ1) is 11.9. The molecular weight excluding hydrogens is 204 g/mol. The van der Waals surface area contributed by atoms with E-state index in [4.69, 9.17) is 21.1 Å². The van der Waals surface area contributed by atoms with Crippen molar-refractivity contribution in [3.05, 3.63) is 0 Å². The molecule has 0 rings (SSSR count). The quantitative estimate of drug-likeness (QED) is 0.230. The van der Waals surface area contributed by atoms with E-state index in [1.807, 2.05) is 0 Å². The van der Waals surface area contributed by atoms with Gasteiger partial charge in [0.15, 0.2) is 0 Å². The van der Waals surface area contributed by atoms with Gasteiger partial charge in [-0.05, 0) is 0 Å². The van der Waals surface area contributed by atoms with Crippen molar-refractivity contribution in [1.82, 2.24) is 0 Å². The molecule has 0 aliphatic heterocycles. The molecule has 0 aromatic heterocycles. The van der Waals surface area contributed by atoms with Crippen LogP contribution in [0.15, 0.2) is 0 Å². The number of hydrogen-bond acceptors (Lipinski definition) is 3. The fourth-order valence-electron chi connectivity index (χ4n) is 0.484. The van der Waals surface area contributed by atoms with Crippen molar-refractivity contribution >= 4 is 26.6 Å². The minimum absolute atomic E-state index is 0.0438. The Morgan fingerprint density at radius 3 is 2.33 bits per heavy atom. The molecule has 0 radical (unpaired) electrons. The highest BCUT2D eigenvalue weighted by molar-refractivity contribution is 7.85. The molecule has 0 saturated heterocycles. The predicted octanol–water partition coefficient (Wildman–Crippen LogP) is -2.68. The third-order valence-electron chi connectivity index (χ3n) is 0.845. The number of hydrogen-bond donors (Lipinski definition) is 4. The molecule has 0 fully saturated rings. The van der Waals surface area contributed by atoms with Crippen LogP contribution in [0.3, 0.4) is 0 Å². The summed E-state index contributed by atoms with van der Waals surface area (Å²) in [5.41, 5.74) is 10.1. The third-order valence-corrected chi connectivity index (χ3v) is 2.54. The third kappa shape index (κ3) is 7.98. The topological polar surface area (TPSA) is 127 Å². The molecule has 0 heterocycles. The van der Waals surface area contributed by atoms with Crippen LogP contribution >= 0.6 is 0 Å². The Morgan fingerprint density at radius 1 is 1.50 bits per heavy atom. The highest BCUT2D eigenvalue weighted by Crippen LogP contribution is 1.89. The Labute approximate surface area is 74.3 Å². The summed E-state index contributed by atoms with van der Waals surface area (Å²) in [7, 11) is -4.13. The van der Waals surface area contributed by atoms with Crippen molar-refractivity contribution in [2.75, 3.05) is 11.5 Å². The molecule has 0 aliphatic rings. The van der Waals surface area contributed by atoms with E-state index in [1.54, 1.807) is 0 Å². The van der Waals surface area contributed by atoms with Gasteiger partial charge in [0.2, 0.25) is 17.1 Å². The molecule has 0 aliphatic carbocycles. The molecule has 0 spiro atoms. The summed E-state index contributed by atoms with van der Waals surface area (Å²) in [5.74, 6) is -0.657. The summed E-state index contributed by atoms with van der Waals surface area (Å²) < 4.78 is 28.7. The first-order valence-corrected chi connectivity index (χ1v) is 5.54. The zero-order chi connectivity index (χ0) is 9.78. The van der Waals surface area contributed by atoms with Crippen LogP contribution in [0.5, 0.6) is 0 Å². The van der Waals surface area contributed by atoms with Crippen LogP contribution in [0.2, 0.25) is 0 Å². The van der Waals surface area contributed by atoms with Crippen LogP contribution in [0.25, 0.3) is 0 Å². The second-order valence-corrected chi connectivity index (χ2v) is 4.71. The summed E-state index contributed by atoms with van der Waals surface area (Å²) >= 11 is 0.927. The van der Waals surface area contributed by atoms with Gasteiger partial charge in [-0.1, -0.05) is 0 Å². The van der Waals surface area contributed by atoms with E-state index < -0.39 is 22.0 Å². The molecule has 1 unspecified atom stereocenters. The van der Waals surface area contributed by atoms with Gasteiger partial charge in [0, 0.05) is 0 Å². The zero-order valence-electron chi connectivity index (χ0n) is 6.17. The number of nitrogens with two attached hydrogens (primary N) is 2. The molecule has 0 aromatic carbocycles.